The van der Waals surface area contributed by atoms with Crippen molar-refractivity contribution in [2.24, 2.45) is 5.92 Å². The monoisotopic (exact) mass is 273 g/mol. The summed E-state index contributed by atoms with van der Waals surface area (Å²) in [5.74, 6) is -2.97. The lowest BCUT2D eigenvalue weighted by molar-refractivity contribution is -0.169. The number of amides is 2. The van der Waals surface area contributed by atoms with Gasteiger partial charge >= 0.3 is 11.9 Å². The quantitative estimate of drug-likeness (QED) is 0.428. The summed E-state index contributed by atoms with van der Waals surface area (Å²) in [4.78, 5) is 48.5. The van der Waals surface area contributed by atoms with Gasteiger partial charge in [-0.2, -0.15) is 0 Å². The Labute approximate surface area is 114 Å². The summed E-state index contributed by atoms with van der Waals surface area (Å²) in [6.45, 7) is 1.65. The highest BCUT2D eigenvalue weighted by Gasteiger charge is 2.48. The molecule has 2 heterocycles. The Morgan fingerprint density at radius 2 is 1.60 bits per heavy atom. The molecule has 0 N–H and O–H groups in total. The Balaban J connectivity index is 2.00. The molecule has 6 nitrogen and oxygen atoms in total. The number of esters is 2. The third-order valence-electron chi connectivity index (χ3n) is 3.59. The van der Waals surface area contributed by atoms with E-state index in [1.54, 1.807) is 31.2 Å². The van der Waals surface area contributed by atoms with Gasteiger partial charge in [-0.05, 0) is 18.1 Å². The molecule has 2 amide bonds. The maximum Gasteiger partial charge on any atom is 0.337 e. The summed E-state index contributed by atoms with van der Waals surface area (Å²) in [7, 11) is 0. The van der Waals surface area contributed by atoms with Gasteiger partial charge < -0.3 is 4.74 Å². The molecule has 2 unspecified atom stereocenters. The summed E-state index contributed by atoms with van der Waals surface area (Å²) in [6, 6.07) is 5.35. The van der Waals surface area contributed by atoms with E-state index in [0.29, 0.717) is 0 Å². The third-order valence-corrected chi connectivity index (χ3v) is 3.59. The summed E-state index contributed by atoms with van der Waals surface area (Å²) < 4.78 is 4.55. The molecule has 102 valence electrons. The van der Waals surface area contributed by atoms with Gasteiger partial charge in [-0.25, -0.2) is 4.79 Å². The van der Waals surface area contributed by atoms with Gasteiger partial charge in [0.15, 0.2) is 0 Å². The van der Waals surface area contributed by atoms with Gasteiger partial charge in [0, 0.05) is 0 Å². The Kier molecular flexibility index (Phi) is 2.67. The Hall–Kier alpha value is -2.50. The van der Waals surface area contributed by atoms with Gasteiger partial charge in [-0.3, -0.25) is 19.3 Å². The fraction of sp³-hybridized carbons (Fsp3) is 0.286. The largest absolute Gasteiger partial charge is 0.392 e. The van der Waals surface area contributed by atoms with Gasteiger partial charge in [0.2, 0.25) is 0 Å². The first-order valence-electron chi connectivity index (χ1n) is 6.22. The third kappa shape index (κ3) is 1.65. The summed E-state index contributed by atoms with van der Waals surface area (Å²) in [5.41, 5.74) is 0.545. The van der Waals surface area contributed by atoms with Gasteiger partial charge in [-0.1, -0.05) is 19.1 Å². The van der Waals surface area contributed by atoms with E-state index >= 15 is 0 Å². The number of hydrogen-bond acceptors (Lipinski definition) is 5. The highest BCUT2D eigenvalue weighted by molar-refractivity contribution is 6.23. The molecule has 6 heteroatoms. The van der Waals surface area contributed by atoms with Crippen molar-refractivity contribution in [2.45, 2.75) is 19.4 Å². The van der Waals surface area contributed by atoms with Crippen LogP contribution >= 0.6 is 0 Å². The molecule has 0 aliphatic carbocycles. The minimum Gasteiger partial charge on any atom is -0.392 e. The Morgan fingerprint density at radius 1 is 1.05 bits per heavy atom. The van der Waals surface area contributed by atoms with Crippen LogP contribution in [0.15, 0.2) is 24.3 Å². The van der Waals surface area contributed by atoms with Crippen molar-refractivity contribution in [3.8, 4) is 0 Å². The molecule has 1 aromatic rings. The fourth-order valence-corrected chi connectivity index (χ4v) is 2.64. The molecule has 3 rings (SSSR count). The smallest absolute Gasteiger partial charge is 0.337 e. The van der Waals surface area contributed by atoms with Crippen molar-refractivity contribution >= 4 is 23.8 Å². The average molecular weight is 273 g/mol. The molecule has 1 saturated heterocycles. The van der Waals surface area contributed by atoms with Gasteiger partial charge in [0.25, 0.3) is 11.8 Å². The fourth-order valence-electron chi connectivity index (χ4n) is 2.64. The number of nitrogens with zero attached hydrogens (tertiary/aromatic N) is 1. The number of carbonyl (C=O) groups excluding carboxylic acids is 4. The summed E-state index contributed by atoms with van der Waals surface area (Å²) in [6.07, 6.45) is 0.00378. The molecule has 0 radical (unpaired) electrons. The van der Waals surface area contributed by atoms with Crippen LogP contribution in [0.2, 0.25) is 0 Å². The zero-order valence-corrected chi connectivity index (χ0v) is 10.7. The lowest BCUT2D eigenvalue weighted by atomic mass is 9.94. The van der Waals surface area contributed by atoms with Crippen LogP contribution in [0.25, 0.3) is 0 Å². The van der Waals surface area contributed by atoms with E-state index in [1.807, 2.05) is 0 Å². The number of fused-ring (bicyclic) bond motifs is 1. The molecular formula is C14H11NO5. The summed E-state index contributed by atoms with van der Waals surface area (Å²) in [5, 5.41) is 0. The second-order valence-corrected chi connectivity index (χ2v) is 4.95. The van der Waals surface area contributed by atoms with Crippen LogP contribution < -0.4 is 0 Å². The SMILES string of the molecule is CC1CC(=O)OC(=O)C1N1C(=O)c2ccccc2C1=O. The first kappa shape index (κ1) is 12.5. The summed E-state index contributed by atoms with van der Waals surface area (Å²) >= 11 is 0. The van der Waals surface area contributed by atoms with Crippen molar-refractivity contribution in [3.05, 3.63) is 35.4 Å². The van der Waals surface area contributed by atoms with E-state index in [-0.39, 0.29) is 17.5 Å². The normalized spacial score (nSPS) is 25.8. The van der Waals surface area contributed by atoms with Crippen molar-refractivity contribution in [2.75, 3.05) is 0 Å². The van der Waals surface area contributed by atoms with Crippen LogP contribution in [0.5, 0.6) is 0 Å². The lowest BCUT2D eigenvalue weighted by Crippen LogP contribution is -2.52. The van der Waals surface area contributed by atoms with E-state index in [1.165, 1.54) is 0 Å². The second kappa shape index (κ2) is 4.26. The first-order chi connectivity index (χ1) is 9.50. The topological polar surface area (TPSA) is 80.8 Å². The van der Waals surface area contributed by atoms with Crippen LogP contribution in [0.1, 0.15) is 34.1 Å². The lowest BCUT2D eigenvalue weighted by Gasteiger charge is -2.31. The highest BCUT2D eigenvalue weighted by Crippen LogP contribution is 2.30. The molecule has 2 aliphatic heterocycles. The average Bonchev–Trinajstić information content (AvgIpc) is 2.64. The van der Waals surface area contributed by atoms with Crippen molar-refractivity contribution in [3.63, 3.8) is 0 Å². The van der Waals surface area contributed by atoms with Gasteiger partial charge in [0.1, 0.15) is 6.04 Å². The first-order valence-corrected chi connectivity index (χ1v) is 6.22. The van der Waals surface area contributed by atoms with E-state index in [4.69, 9.17) is 0 Å². The van der Waals surface area contributed by atoms with E-state index in [2.05, 4.69) is 4.74 Å². The predicted octanol–water partition coefficient (Wildman–Crippen LogP) is 0.761. The van der Waals surface area contributed by atoms with Crippen molar-refractivity contribution in [1.29, 1.82) is 0 Å². The molecule has 0 bridgehead atoms. The van der Waals surface area contributed by atoms with Crippen LogP contribution in [0.4, 0.5) is 0 Å². The van der Waals surface area contributed by atoms with Gasteiger partial charge in [-0.15, -0.1) is 0 Å². The number of ether oxygens (including phenoxy) is 1. The van der Waals surface area contributed by atoms with Crippen LogP contribution in [-0.4, -0.2) is 34.7 Å². The van der Waals surface area contributed by atoms with Crippen LogP contribution in [0, 0.1) is 5.92 Å². The molecule has 2 atom stereocenters. The minimum absolute atomic E-state index is 0.00378. The van der Waals surface area contributed by atoms with E-state index < -0.39 is 35.7 Å². The van der Waals surface area contributed by atoms with E-state index in [0.717, 1.165) is 4.90 Å². The number of imide groups is 1. The standard InChI is InChI=1S/C14H11NO5/c1-7-6-10(16)20-14(19)11(7)15-12(17)8-4-2-3-5-9(8)13(15)18/h2-5,7,11H,6H2,1H3. The maximum atomic E-state index is 12.3. The molecule has 20 heavy (non-hydrogen) atoms. The number of carbonyl (C=O) groups is 4. The number of benzene rings is 1. The zero-order chi connectivity index (χ0) is 14.4. The zero-order valence-electron chi connectivity index (χ0n) is 10.7. The van der Waals surface area contributed by atoms with Crippen LogP contribution in [-0.2, 0) is 14.3 Å². The highest BCUT2D eigenvalue weighted by atomic mass is 16.6. The second-order valence-electron chi connectivity index (χ2n) is 4.95. The number of hydrogen-bond donors (Lipinski definition) is 0. The predicted molar refractivity (Wildman–Crippen MR) is 65.6 cm³/mol. The minimum atomic E-state index is -1.04. The molecule has 0 spiro atoms. The van der Waals surface area contributed by atoms with Crippen LogP contribution in [0.3, 0.4) is 0 Å². The molecule has 0 saturated carbocycles. The number of cyclic esters (lactones) is 2. The number of rotatable bonds is 1. The molecule has 2 aliphatic rings. The van der Waals surface area contributed by atoms with Crippen molar-refractivity contribution < 1.29 is 23.9 Å². The molecular weight excluding hydrogens is 262 g/mol. The Bertz CT molecular complexity index is 616. The Morgan fingerprint density at radius 3 is 2.10 bits per heavy atom. The maximum absolute atomic E-state index is 12.3. The molecule has 1 aromatic carbocycles. The molecule has 0 aromatic heterocycles. The molecule has 1 fully saturated rings. The van der Waals surface area contributed by atoms with E-state index in [9.17, 15) is 19.2 Å². The van der Waals surface area contributed by atoms with Crippen molar-refractivity contribution in [1.82, 2.24) is 4.90 Å². The van der Waals surface area contributed by atoms with Gasteiger partial charge in [0.05, 0.1) is 17.5 Å².